The first-order chi connectivity index (χ1) is 7.70. The van der Waals surface area contributed by atoms with E-state index in [1.165, 1.54) is 5.84 Å². The van der Waals surface area contributed by atoms with E-state index in [4.69, 9.17) is 4.74 Å². The lowest BCUT2D eigenvalue weighted by Gasteiger charge is -2.35. The van der Waals surface area contributed by atoms with Gasteiger partial charge in [-0.25, -0.2) is 4.99 Å². The van der Waals surface area contributed by atoms with E-state index in [1.807, 2.05) is 6.92 Å². The van der Waals surface area contributed by atoms with Crippen LogP contribution in [0.1, 0.15) is 26.7 Å². The van der Waals surface area contributed by atoms with Crippen molar-refractivity contribution in [3.63, 3.8) is 0 Å². The van der Waals surface area contributed by atoms with Crippen LogP contribution in [0, 0.1) is 0 Å². The maximum atomic E-state index is 5.30. The maximum Gasteiger partial charge on any atom is 0.117 e. The highest BCUT2D eigenvalue weighted by Gasteiger charge is 2.22. The first kappa shape index (κ1) is 11.5. The topological polar surface area (TPSA) is 36.9 Å². The number of piperazine rings is 1. The molecule has 2 aliphatic rings. The standard InChI is InChI=1S/C12H21N3O/c1-9-8-15(7-6-13-9)12-5-4-11(16-3)10(2)14-12/h9,13H,4-8H2,1-3H3/t9-/m1/s1. The second-order valence-corrected chi connectivity index (χ2v) is 4.54. The van der Waals surface area contributed by atoms with Crippen molar-refractivity contribution in [2.45, 2.75) is 32.7 Å². The summed E-state index contributed by atoms with van der Waals surface area (Å²) in [4.78, 5) is 7.06. The van der Waals surface area contributed by atoms with Crippen molar-refractivity contribution in [1.82, 2.24) is 10.2 Å². The van der Waals surface area contributed by atoms with Crippen molar-refractivity contribution in [2.75, 3.05) is 26.7 Å². The third kappa shape index (κ3) is 2.38. The zero-order valence-electron chi connectivity index (χ0n) is 10.4. The lowest BCUT2D eigenvalue weighted by atomic mass is 10.1. The number of hydrogen-bond acceptors (Lipinski definition) is 4. The van der Waals surface area contributed by atoms with Crippen LogP contribution < -0.4 is 5.32 Å². The minimum absolute atomic E-state index is 0.560. The Labute approximate surface area is 97.4 Å². The van der Waals surface area contributed by atoms with Crippen molar-refractivity contribution >= 4 is 5.84 Å². The maximum absolute atomic E-state index is 5.30. The van der Waals surface area contributed by atoms with Gasteiger partial charge in [-0.15, -0.1) is 0 Å². The van der Waals surface area contributed by atoms with E-state index in [1.54, 1.807) is 7.11 Å². The van der Waals surface area contributed by atoms with Crippen LogP contribution in [0.25, 0.3) is 0 Å². The first-order valence-corrected chi connectivity index (χ1v) is 6.00. The minimum atomic E-state index is 0.560. The monoisotopic (exact) mass is 223 g/mol. The third-order valence-corrected chi connectivity index (χ3v) is 3.26. The van der Waals surface area contributed by atoms with E-state index >= 15 is 0 Å². The zero-order chi connectivity index (χ0) is 11.5. The number of methoxy groups -OCH3 is 1. The van der Waals surface area contributed by atoms with Crippen LogP contribution in [0.2, 0.25) is 0 Å². The SMILES string of the molecule is COC1=C(C)N=C(N2CCN[C@H](C)C2)CC1. The molecule has 0 aromatic carbocycles. The third-order valence-electron chi connectivity index (χ3n) is 3.26. The fourth-order valence-electron chi connectivity index (χ4n) is 2.36. The first-order valence-electron chi connectivity index (χ1n) is 6.00. The number of ether oxygens (including phenoxy) is 1. The van der Waals surface area contributed by atoms with Gasteiger partial charge >= 0.3 is 0 Å². The Morgan fingerprint density at radius 2 is 2.25 bits per heavy atom. The molecule has 2 rings (SSSR count). The summed E-state index contributed by atoms with van der Waals surface area (Å²) in [6.07, 6.45) is 1.99. The fourth-order valence-corrected chi connectivity index (χ4v) is 2.36. The fraction of sp³-hybridized carbons (Fsp3) is 0.750. The molecule has 0 unspecified atom stereocenters. The van der Waals surface area contributed by atoms with E-state index in [-0.39, 0.29) is 0 Å². The number of aliphatic imine (C=N–C) groups is 1. The largest absolute Gasteiger partial charge is 0.499 e. The molecule has 0 aliphatic carbocycles. The van der Waals surface area contributed by atoms with Gasteiger partial charge < -0.3 is 15.0 Å². The normalized spacial score (nSPS) is 26.8. The van der Waals surface area contributed by atoms with Crippen LogP contribution in [-0.4, -0.2) is 43.5 Å². The molecule has 1 fully saturated rings. The van der Waals surface area contributed by atoms with Gasteiger partial charge in [0.2, 0.25) is 0 Å². The van der Waals surface area contributed by atoms with Crippen molar-refractivity contribution in [3.8, 4) is 0 Å². The van der Waals surface area contributed by atoms with Gasteiger partial charge in [-0.2, -0.15) is 0 Å². The lowest BCUT2D eigenvalue weighted by Crippen LogP contribution is -2.51. The van der Waals surface area contributed by atoms with Gasteiger partial charge in [-0.05, 0) is 13.8 Å². The van der Waals surface area contributed by atoms with E-state index in [2.05, 4.69) is 22.1 Å². The number of allylic oxidation sites excluding steroid dienone is 2. The summed E-state index contributed by atoms with van der Waals surface area (Å²) in [5, 5.41) is 3.45. The summed E-state index contributed by atoms with van der Waals surface area (Å²) in [5.41, 5.74) is 1.04. The average Bonchev–Trinajstić information content (AvgIpc) is 2.29. The molecule has 4 heteroatoms. The molecule has 90 valence electrons. The average molecular weight is 223 g/mol. The van der Waals surface area contributed by atoms with E-state index in [0.29, 0.717) is 6.04 Å². The molecule has 1 saturated heterocycles. The summed E-state index contributed by atoms with van der Waals surface area (Å²) in [5.74, 6) is 2.26. The number of nitrogens with one attached hydrogen (secondary N) is 1. The number of amidine groups is 1. The van der Waals surface area contributed by atoms with Gasteiger partial charge in [0, 0.05) is 38.5 Å². The Bertz CT molecular complexity index is 322. The van der Waals surface area contributed by atoms with Crippen molar-refractivity contribution in [2.24, 2.45) is 4.99 Å². The molecule has 0 radical (unpaired) electrons. The van der Waals surface area contributed by atoms with Crippen LogP contribution in [0.3, 0.4) is 0 Å². The molecule has 0 spiro atoms. The molecule has 2 aliphatic heterocycles. The summed E-state index contributed by atoms with van der Waals surface area (Å²) in [7, 11) is 1.73. The van der Waals surface area contributed by atoms with Crippen LogP contribution >= 0.6 is 0 Å². The van der Waals surface area contributed by atoms with E-state index in [0.717, 1.165) is 43.9 Å². The summed E-state index contributed by atoms with van der Waals surface area (Å²) < 4.78 is 5.30. The van der Waals surface area contributed by atoms with Crippen molar-refractivity contribution in [3.05, 3.63) is 11.5 Å². The van der Waals surface area contributed by atoms with Gasteiger partial charge in [0.05, 0.1) is 12.8 Å². The van der Waals surface area contributed by atoms with Gasteiger partial charge in [-0.1, -0.05) is 0 Å². The van der Waals surface area contributed by atoms with Crippen LogP contribution in [0.4, 0.5) is 0 Å². The Kier molecular flexibility index (Phi) is 3.49. The molecular formula is C12H21N3O. The Morgan fingerprint density at radius 3 is 2.88 bits per heavy atom. The molecule has 1 N–H and O–H groups in total. The van der Waals surface area contributed by atoms with Gasteiger partial charge in [0.15, 0.2) is 0 Å². The second-order valence-electron chi connectivity index (χ2n) is 4.54. The molecule has 1 atom stereocenters. The van der Waals surface area contributed by atoms with Crippen LogP contribution in [0.5, 0.6) is 0 Å². The van der Waals surface area contributed by atoms with Crippen molar-refractivity contribution in [1.29, 1.82) is 0 Å². The Balaban J connectivity index is 2.08. The zero-order valence-corrected chi connectivity index (χ0v) is 10.4. The predicted octanol–water partition coefficient (Wildman–Crippen LogP) is 1.35. The lowest BCUT2D eigenvalue weighted by molar-refractivity contribution is 0.263. The molecule has 0 amide bonds. The van der Waals surface area contributed by atoms with E-state index in [9.17, 15) is 0 Å². The number of rotatable bonds is 1. The molecular weight excluding hydrogens is 202 g/mol. The highest BCUT2D eigenvalue weighted by Crippen LogP contribution is 2.21. The molecule has 16 heavy (non-hydrogen) atoms. The Morgan fingerprint density at radius 1 is 1.44 bits per heavy atom. The Hall–Kier alpha value is -1.03. The van der Waals surface area contributed by atoms with Crippen molar-refractivity contribution < 1.29 is 4.74 Å². The quantitative estimate of drug-likeness (QED) is 0.729. The highest BCUT2D eigenvalue weighted by atomic mass is 16.5. The summed E-state index contributed by atoms with van der Waals surface area (Å²) >= 11 is 0. The van der Waals surface area contributed by atoms with Gasteiger partial charge in [-0.3, -0.25) is 0 Å². The molecule has 0 saturated carbocycles. The summed E-state index contributed by atoms with van der Waals surface area (Å²) in [6, 6.07) is 0.560. The van der Waals surface area contributed by atoms with Gasteiger partial charge in [0.1, 0.15) is 11.6 Å². The molecule has 0 bridgehead atoms. The minimum Gasteiger partial charge on any atom is -0.499 e. The number of nitrogens with zero attached hydrogens (tertiary/aromatic N) is 2. The highest BCUT2D eigenvalue weighted by molar-refractivity contribution is 5.84. The van der Waals surface area contributed by atoms with Crippen LogP contribution in [-0.2, 0) is 4.74 Å². The van der Waals surface area contributed by atoms with Crippen LogP contribution in [0.15, 0.2) is 16.4 Å². The summed E-state index contributed by atoms with van der Waals surface area (Å²) in [6.45, 7) is 7.44. The van der Waals surface area contributed by atoms with E-state index < -0.39 is 0 Å². The number of hydrogen-bond donors (Lipinski definition) is 1. The molecule has 0 aromatic rings. The predicted molar refractivity (Wildman–Crippen MR) is 65.4 cm³/mol. The smallest absolute Gasteiger partial charge is 0.117 e. The molecule has 0 aromatic heterocycles. The molecule has 2 heterocycles. The van der Waals surface area contributed by atoms with Gasteiger partial charge in [0.25, 0.3) is 0 Å². The molecule has 4 nitrogen and oxygen atoms in total. The second kappa shape index (κ2) is 4.87.